The van der Waals surface area contributed by atoms with Crippen LogP contribution in [0.3, 0.4) is 0 Å². The molecule has 0 atom stereocenters. The standard InChI is InChI=1S/C24H20F2N4O3/c25-24(26)9-7-23(8-10-24)21(32)30(22(33)29-23)14-20(31)16-4-5-19(28-13-16)18-3-1-2-15-12-27-11-6-17(15)18/h1-6,11-13H,7-10,14H2,(H,29,33). The van der Waals surface area contributed by atoms with Gasteiger partial charge in [0, 0.05) is 47.9 Å². The van der Waals surface area contributed by atoms with E-state index in [0.29, 0.717) is 5.69 Å². The number of pyridine rings is 2. The second kappa shape index (κ2) is 7.68. The van der Waals surface area contributed by atoms with Crippen molar-refractivity contribution in [1.82, 2.24) is 20.2 Å². The molecule has 2 aromatic heterocycles. The smallest absolute Gasteiger partial charge is 0.323 e. The maximum absolute atomic E-state index is 13.5. The number of ketones is 1. The number of nitrogens with zero attached hydrogens (tertiary/aromatic N) is 3. The summed E-state index contributed by atoms with van der Waals surface area (Å²) in [5.41, 5.74) is 0.460. The number of imide groups is 1. The van der Waals surface area contributed by atoms with Crippen LogP contribution in [0.25, 0.3) is 22.0 Å². The lowest BCUT2D eigenvalue weighted by Crippen LogP contribution is -2.51. The van der Waals surface area contributed by atoms with Gasteiger partial charge >= 0.3 is 6.03 Å². The number of urea groups is 1. The van der Waals surface area contributed by atoms with Gasteiger partial charge in [-0.3, -0.25) is 24.5 Å². The molecule has 1 spiro atoms. The number of carbonyl (C=O) groups is 3. The quantitative estimate of drug-likeness (QED) is 0.480. The first-order chi connectivity index (χ1) is 15.8. The highest BCUT2D eigenvalue weighted by molar-refractivity contribution is 6.11. The number of fused-ring (bicyclic) bond motifs is 1. The van der Waals surface area contributed by atoms with Crippen molar-refractivity contribution in [3.05, 3.63) is 60.6 Å². The highest BCUT2D eigenvalue weighted by Crippen LogP contribution is 2.41. The first-order valence-corrected chi connectivity index (χ1v) is 10.6. The van der Waals surface area contributed by atoms with Gasteiger partial charge in [-0.2, -0.15) is 0 Å². The Bertz CT molecular complexity index is 1260. The summed E-state index contributed by atoms with van der Waals surface area (Å²) in [7, 11) is 0. The van der Waals surface area contributed by atoms with Crippen LogP contribution in [0.2, 0.25) is 0 Å². The summed E-state index contributed by atoms with van der Waals surface area (Å²) in [6, 6.07) is 10.2. The molecule has 0 bridgehead atoms. The van der Waals surface area contributed by atoms with Crippen LogP contribution in [0.5, 0.6) is 0 Å². The van der Waals surface area contributed by atoms with Crippen molar-refractivity contribution in [2.24, 2.45) is 0 Å². The molecule has 7 nitrogen and oxygen atoms in total. The van der Waals surface area contributed by atoms with Crippen molar-refractivity contribution in [2.45, 2.75) is 37.1 Å². The van der Waals surface area contributed by atoms with Crippen LogP contribution in [0, 0.1) is 0 Å². The number of halogens is 2. The maximum Gasteiger partial charge on any atom is 0.325 e. The Hall–Kier alpha value is -3.75. The molecule has 1 aliphatic carbocycles. The van der Waals surface area contributed by atoms with Crippen LogP contribution in [-0.2, 0) is 4.79 Å². The van der Waals surface area contributed by atoms with E-state index in [-0.39, 0.29) is 18.4 Å². The molecule has 168 valence electrons. The summed E-state index contributed by atoms with van der Waals surface area (Å²) in [5.74, 6) is -3.92. The number of rotatable bonds is 4. The predicted octanol–water partition coefficient (Wildman–Crippen LogP) is 3.98. The lowest BCUT2D eigenvalue weighted by molar-refractivity contribution is -0.135. The highest BCUT2D eigenvalue weighted by Gasteiger charge is 2.55. The van der Waals surface area contributed by atoms with Crippen molar-refractivity contribution in [3.8, 4) is 11.3 Å². The number of benzene rings is 1. The summed E-state index contributed by atoms with van der Waals surface area (Å²) < 4.78 is 27.1. The van der Waals surface area contributed by atoms with E-state index in [2.05, 4.69) is 15.3 Å². The third-order valence-electron chi connectivity index (χ3n) is 6.42. The fraction of sp³-hybridized carbons (Fsp3) is 0.292. The molecule has 1 aliphatic heterocycles. The van der Waals surface area contributed by atoms with Crippen LogP contribution in [0.4, 0.5) is 13.6 Å². The topological polar surface area (TPSA) is 92.3 Å². The fourth-order valence-corrected chi connectivity index (χ4v) is 4.50. The molecule has 1 saturated carbocycles. The molecule has 3 aromatic rings. The van der Waals surface area contributed by atoms with Crippen molar-refractivity contribution < 1.29 is 23.2 Å². The minimum Gasteiger partial charge on any atom is -0.323 e. The molecule has 3 amide bonds. The molecule has 0 unspecified atom stereocenters. The second-order valence-electron chi connectivity index (χ2n) is 8.52. The van der Waals surface area contributed by atoms with Crippen LogP contribution < -0.4 is 5.32 Å². The van der Waals surface area contributed by atoms with Gasteiger partial charge in [0.05, 0.1) is 12.2 Å². The van der Waals surface area contributed by atoms with Crippen molar-refractivity contribution in [2.75, 3.05) is 6.54 Å². The minimum atomic E-state index is -2.84. The molecule has 2 fully saturated rings. The van der Waals surface area contributed by atoms with E-state index < -0.39 is 48.6 Å². The zero-order chi connectivity index (χ0) is 23.2. The van der Waals surface area contributed by atoms with Crippen LogP contribution in [-0.4, -0.2) is 50.6 Å². The van der Waals surface area contributed by atoms with E-state index in [4.69, 9.17) is 0 Å². The van der Waals surface area contributed by atoms with Crippen molar-refractivity contribution in [1.29, 1.82) is 0 Å². The lowest BCUT2D eigenvalue weighted by Gasteiger charge is -2.34. The SMILES string of the molecule is O=C(CN1C(=O)NC2(CCC(F)(F)CC2)C1=O)c1ccc(-c2cccc3cnccc23)nc1. The predicted molar refractivity (Wildman–Crippen MR) is 116 cm³/mol. The Morgan fingerprint density at radius 2 is 1.82 bits per heavy atom. The summed E-state index contributed by atoms with van der Waals surface area (Å²) in [6.07, 6.45) is 3.62. The van der Waals surface area contributed by atoms with E-state index >= 15 is 0 Å². The number of amides is 3. The molecule has 5 rings (SSSR count). The summed E-state index contributed by atoms with van der Waals surface area (Å²) in [4.78, 5) is 47.4. The zero-order valence-corrected chi connectivity index (χ0v) is 17.6. The first-order valence-electron chi connectivity index (χ1n) is 10.6. The summed E-state index contributed by atoms with van der Waals surface area (Å²) in [6.45, 7) is -0.468. The second-order valence-corrected chi connectivity index (χ2v) is 8.52. The minimum absolute atomic E-state index is 0.147. The molecule has 3 heterocycles. The number of hydrogen-bond acceptors (Lipinski definition) is 5. The van der Waals surface area contributed by atoms with Gasteiger partial charge in [0.2, 0.25) is 5.92 Å². The monoisotopic (exact) mass is 450 g/mol. The average Bonchev–Trinajstić information content (AvgIpc) is 3.05. The lowest BCUT2D eigenvalue weighted by atomic mass is 9.80. The van der Waals surface area contributed by atoms with Gasteiger partial charge < -0.3 is 5.32 Å². The van der Waals surface area contributed by atoms with Gasteiger partial charge in [-0.15, -0.1) is 0 Å². The Morgan fingerprint density at radius 1 is 1.03 bits per heavy atom. The summed E-state index contributed by atoms with van der Waals surface area (Å²) in [5, 5.41) is 4.48. The Labute approximate surface area is 187 Å². The number of nitrogens with one attached hydrogen (secondary N) is 1. The van der Waals surface area contributed by atoms with Crippen LogP contribution in [0.1, 0.15) is 36.0 Å². The molecule has 2 aliphatic rings. The molecule has 0 radical (unpaired) electrons. The highest BCUT2D eigenvalue weighted by atomic mass is 19.3. The Balaban J connectivity index is 1.32. The summed E-state index contributed by atoms with van der Waals surface area (Å²) >= 11 is 0. The number of hydrogen-bond donors (Lipinski definition) is 1. The van der Waals surface area contributed by atoms with Gasteiger partial charge in [0.25, 0.3) is 5.91 Å². The average molecular weight is 450 g/mol. The normalized spacial score (nSPS) is 19.2. The van der Waals surface area contributed by atoms with E-state index in [1.165, 1.54) is 6.20 Å². The van der Waals surface area contributed by atoms with E-state index in [9.17, 15) is 23.2 Å². The number of carbonyl (C=O) groups excluding carboxylic acids is 3. The van der Waals surface area contributed by atoms with Crippen molar-refractivity contribution in [3.63, 3.8) is 0 Å². The molecule has 33 heavy (non-hydrogen) atoms. The third kappa shape index (κ3) is 3.73. The Kier molecular flexibility index (Phi) is 4.92. The van der Waals surface area contributed by atoms with E-state index in [1.54, 1.807) is 24.5 Å². The van der Waals surface area contributed by atoms with Crippen LogP contribution in [0.15, 0.2) is 55.0 Å². The van der Waals surface area contributed by atoms with Gasteiger partial charge in [0.1, 0.15) is 5.54 Å². The van der Waals surface area contributed by atoms with Crippen molar-refractivity contribution >= 4 is 28.5 Å². The maximum atomic E-state index is 13.5. The van der Waals surface area contributed by atoms with Gasteiger partial charge in [-0.1, -0.05) is 18.2 Å². The molecule has 1 saturated heterocycles. The van der Waals surface area contributed by atoms with Gasteiger partial charge in [-0.25, -0.2) is 13.6 Å². The number of Topliss-reactive ketones (excluding diaryl/α,β-unsaturated/α-hetero) is 1. The number of aromatic nitrogens is 2. The molecule has 9 heteroatoms. The van der Waals surface area contributed by atoms with Gasteiger partial charge in [-0.05, 0) is 36.4 Å². The third-order valence-corrected chi connectivity index (χ3v) is 6.42. The molecular weight excluding hydrogens is 430 g/mol. The molecule has 1 N–H and O–H groups in total. The molecule has 1 aromatic carbocycles. The zero-order valence-electron chi connectivity index (χ0n) is 17.6. The largest absolute Gasteiger partial charge is 0.325 e. The Morgan fingerprint density at radius 3 is 2.55 bits per heavy atom. The molecular formula is C24H20F2N4O3. The van der Waals surface area contributed by atoms with E-state index in [1.807, 2.05) is 24.3 Å². The fourth-order valence-electron chi connectivity index (χ4n) is 4.50. The number of alkyl halides is 2. The first kappa shape index (κ1) is 21.1. The van der Waals surface area contributed by atoms with Crippen LogP contribution >= 0.6 is 0 Å². The van der Waals surface area contributed by atoms with E-state index in [0.717, 1.165) is 21.2 Å². The van der Waals surface area contributed by atoms with Gasteiger partial charge in [0.15, 0.2) is 5.78 Å².